The summed E-state index contributed by atoms with van der Waals surface area (Å²) in [6.07, 6.45) is 4.92. The van der Waals surface area contributed by atoms with Crippen molar-refractivity contribution in [2.45, 2.75) is 31.7 Å². The molecule has 6 heteroatoms. The van der Waals surface area contributed by atoms with E-state index in [1.807, 2.05) is 4.90 Å². The summed E-state index contributed by atoms with van der Waals surface area (Å²) < 4.78 is 10.1. The Balaban J connectivity index is 0.00000200. The molecule has 0 unspecified atom stereocenters. The summed E-state index contributed by atoms with van der Waals surface area (Å²) in [4.78, 5) is 13.8. The first-order valence-corrected chi connectivity index (χ1v) is 7.37. The van der Waals surface area contributed by atoms with Crippen LogP contribution in [0.1, 0.15) is 25.7 Å². The van der Waals surface area contributed by atoms with Crippen LogP contribution >= 0.6 is 12.4 Å². The lowest BCUT2D eigenvalue weighted by molar-refractivity contribution is -0.137. The lowest BCUT2D eigenvalue weighted by Crippen LogP contribution is -2.46. The maximum absolute atomic E-state index is 11.9. The van der Waals surface area contributed by atoms with Gasteiger partial charge in [-0.25, -0.2) is 0 Å². The molecule has 1 amide bonds. The molecular weight excluding hydrogens is 280 g/mol. The predicted molar refractivity (Wildman–Crippen MR) is 80.3 cm³/mol. The van der Waals surface area contributed by atoms with E-state index in [0.717, 1.165) is 31.8 Å². The molecule has 1 aliphatic heterocycles. The lowest BCUT2D eigenvalue weighted by Gasteiger charge is -2.32. The molecule has 1 heterocycles. The zero-order valence-corrected chi connectivity index (χ0v) is 13.1. The Morgan fingerprint density at radius 1 is 1.20 bits per heavy atom. The third-order valence-electron chi connectivity index (χ3n) is 3.90. The van der Waals surface area contributed by atoms with Crippen LogP contribution in [0.2, 0.25) is 0 Å². The predicted octanol–water partition coefficient (Wildman–Crippen LogP) is 1.06. The van der Waals surface area contributed by atoms with E-state index >= 15 is 0 Å². The highest BCUT2D eigenvalue weighted by molar-refractivity contribution is 5.85. The van der Waals surface area contributed by atoms with E-state index in [1.54, 1.807) is 7.11 Å². The molecule has 1 N–H and O–H groups in total. The molecular formula is C14H27ClN2O3. The van der Waals surface area contributed by atoms with Gasteiger partial charge >= 0.3 is 0 Å². The fourth-order valence-corrected chi connectivity index (χ4v) is 2.38. The fourth-order valence-electron chi connectivity index (χ4n) is 2.38. The van der Waals surface area contributed by atoms with Crippen LogP contribution < -0.4 is 5.32 Å². The van der Waals surface area contributed by atoms with Gasteiger partial charge in [0.1, 0.15) is 6.61 Å². The maximum atomic E-state index is 11.9. The van der Waals surface area contributed by atoms with Gasteiger partial charge in [-0.2, -0.15) is 0 Å². The Kier molecular flexibility index (Phi) is 8.45. The SMILES string of the molecule is COCCOCC(=O)N1CCC(NCC2CC2)CC1.Cl. The number of hydrogen-bond donors (Lipinski definition) is 1. The number of carbonyl (C=O) groups excluding carboxylic acids is 1. The van der Waals surface area contributed by atoms with Gasteiger partial charge in [-0.15, -0.1) is 12.4 Å². The van der Waals surface area contributed by atoms with Crippen molar-refractivity contribution in [3.63, 3.8) is 0 Å². The van der Waals surface area contributed by atoms with Crippen LogP contribution in [-0.2, 0) is 14.3 Å². The third kappa shape index (κ3) is 6.39. The smallest absolute Gasteiger partial charge is 0.248 e. The van der Waals surface area contributed by atoms with Crippen LogP contribution in [0.15, 0.2) is 0 Å². The van der Waals surface area contributed by atoms with Gasteiger partial charge in [0.2, 0.25) is 5.91 Å². The molecule has 0 radical (unpaired) electrons. The zero-order chi connectivity index (χ0) is 13.5. The van der Waals surface area contributed by atoms with Crippen LogP contribution in [0, 0.1) is 5.92 Å². The first-order valence-electron chi connectivity index (χ1n) is 7.37. The summed E-state index contributed by atoms with van der Waals surface area (Å²) in [6, 6.07) is 0.596. The van der Waals surface area contributed by atoms with Crippen molar-refractivity contribution in [1.29, 1.82) is 0 Å². The van der Waals surface area contributed by atoms with E-state index in [0.29, 0.717) is 19.3 Å². The van der Waals surface area contributed by atoms with Gasteiger partial charge in [-0.1, -0.05) is 0 Å². The van der Waals surface area contributed by atoms with Crippen molar-refractivity contribution in [3.05, 3.63) is 0 Å². The highest BCUT2D eigenvalue weighted by Gasteiger charge is 2.25. The molecule has 118 valence electrons. The zero-order valence-electron chi connectivity index (χ0n) is 12.3. The second kappa shape index (κ2) is 9.55. The van der Waals surface area contributed by atoms with Gasteiger partial charge in [-0.3, -0.25) is 4.79 Å². The summed E-state index contributed by atoms with van der Waals surface area (Å²) in [5.41, 5.74) is 0. The maximum Gasteiger partial charge on any atom is 0.248 e. The lowest BCUT2D eigenvalue weighted by atomic mass is 10.0. The van der Waals surface area contributed by atoms with E-state index in [-0.39, 0.29) is 24.9 Å². The number of halogens is 1. The second-order valence-electron chi connectivity index (χ2n) is 5.55. The molecule has 5 nitrogen and oxygen atoms in total. The number of nitrogens with one attached hydrogen (secondary N) is 1. The van der Waals surface area contributed by atoms with E-state index in [1.165, 1.54) is 19.4 Å². The first kappa shape index (κ1) is 17.7. The number of carbonyl (C=O) groups is 1. The van der Waals surface area contributed by atoms with Gasteiger partial charge in [0.25, 0.3) is 0 Å². The Hall–Kier alpha value is -0.360. The van der Waals surface area contributed by atoms with Gasteiger partial charge in [-0.05, 0) is 38.1 Å². The van der Waals surface area contributed by atoms with Gasteiger partial charge in [0.15, 0.2) is 0 Å². The average Bonchev–Trinajstić information content (AvgIpc) is 3.26. The highest BCUT2D eigenvalue weighted by Crippen LogP contribution is 2.28. The molecule has 0 bridgehead atoms. The van der Waals surface area contributed by atoms with Crippen molar-refractivity contribution >= 4 is 18.3 Å². The van der Waals surface area contributed by atoms with Crippen LogP contribution in [0.25, 0.3) is 0 Å². The Bertz CT molecular complexity index is 280. The highest BCUT2D eigenvalue weighted by atomic mass is 35.5. The van der Waals surface area contributed by atoms with Crippen molar-refractivity contribution in [3.8, 4) is 0 Å². The number of rotatable bonds is 8. The molecule has 0 aromatic heterocycles. The summed E-state index contributed by atoms with van der Waals surface area (Å²) >= 11 is 0. The second-order valence-corrected chi connectivity index (χ2v) is 5.55. The Labute approximate surface area is 127 Å². The molecule has 2 aliphatic rings. The van der Waals surface area contributed by atoms with E-state index < -0.39 is 0 Å². The molecule has 1 saturated carbocycles. The molecule has 1 aliphatic carbocycles. The summed E-state index contributed by atoms with van der Waals surface area (Å²) in [7, 11) is 1.63. The molecule has 1 saturated heterocycles. The minimum Gasteiger partial charge on any atom is -0.382 e. The van der Waals surface area contributed by atoms with E-state index in [4.69, 9.17) is 9.47 Å². The number of ether oxygens (including phenoxy) is 2. The van der Waals surface area contributed by atoms with Crippen LogP contribution in [-0.4, -0.2) is 63.4 Å². The number of likely N-dealkylation sites (tertiary alicyclic amines) is 1. The monoisotopic (exact) mass is 306 g/mol. The van der Waals surface area contributed by atoms with Crippen molar-refractivity contribution in [2.75, 3.05) is 46.6 Å². The normalized spacial score (nSPS) is 19.8. The molecule has 20 heavy (non-hydrogen) atoms. The molecule has 2 rings (SSSR count). The molecule has 0 spiro atoms. The van der Waals surface area contributed by atoms with E-state index in [9.17, 15) is 4.79 Å². The first-order chi connectivity index (χ1) is 9.29. The van der Waals surface area contributed by atoms with Gasteiger partial charge in [0.05, 0.1) is 13.2 Å². The number of hydrogen-bond acceptors (Lipinski definition) is 4. The Morgan fingerprint density at radius 2 is 1.90 bits per heavy atom. The molecule has 0 aromatic rings. The summed E-state index contributed by atoms with van der Waals surface area (Å²) in [5, 5.41) is 3.62. The van der Waals surface area contributed by atoms with Crippen molar-refractivity contribution in [1.82, 2.24) is 10.2 Å². The Morgan fingerprint density at radius 3 is 2.50 bits per heavy atom. The third-order valence-corrected chi connectivity index (χ3v) is 3.90. The number of nitrogens with zero attached hydrogens (tertiary/aromatic N) is 1. The topological polar surface area (TPSA) is 50.8 Å². The van der Waals surface area contributed by atoms with Crippen LogP contribution in [0.3, 0.4) is 0 Å². The largest absolute Gasteiger partial charge is 0.382 e. The van der Waals surface area contributed by atoms with Crippen LogP contribution in [0.5, 0.6) is 0 Å². The minimum absolute atomic E-state index is 0. The fraction of sp³-hybridized carbons (Fsp3) is 0.929. The molecule has 2 fully saturated rings. The summed E-state index contributed by atoms with van der Waals surface area (Å²) in [6.45, 7) is 4.09. The van der Waals surface area contributed by atoms with Crippen molar-refractivity contribution < 1.29 is 14.3 Å². The van der Waals surface area contributed by atoms with Gasteiger partial charge < -0.3 is 19.7 Å². The number of methoxy groups -OCH3 is 1. The standard InChI is InChI=1S/C14H26N2O3.ClH/c1-18-8-9-19-11-14(17)16-6-4-13(5-7-16)15-10-12-2-3-12;/h12-13,15H,2-11H2,1H3;1H. The van der Waals surface area contributed by atoms with Crippen LogP contribution in [0.4, 0.5) is 0 Å². The summed E-state index contributed by atoms with van der Waals surface area (Å²) in [5.74, 6) is 1.03. The van der Waals surface area contributed by atoms with Gasteiger partial charge in [0, 0.05) is 26.2 Å². The average molecular weight is 307 g/mol. The number of amides is 1. The van der Waals surface area contributed by atoms with Crippen molar-refractivity contribution in [2.24, 2.45) is 5.92 Å². The molecule has 0 aromatic carbocycles. The molecule has 0 atom stereocenters. The minimum atomic E-state index is 0. The van der Waals surface area contributed by atoms with E-state index in [2.05, 4.69) is 5.32 Å². The quantitative estimate of drug-likeness (QED) is 0.681. The number of piperidine rings is 1.